The molecule has 2 aromatic rings. The number of ether oxygens (including phenoxy) is 2. The van der Waals surface area contributed by atoms with E-state index in [9.17, 15) is 4.79 Å². The van der Waals surface area contributed by atoms with Crippen LogP contribution in [-0.2, 0) is 19.9 Å². The summed E-state index contributed by atoms with van der Waals surface area (Å²) in [5.74, 6) is -0.287. The number of hydrogen-bond donors (Lipinski definition) is 0. The Balaban J connectivity index is 2.29. The second-order valence-corrected chi connectivity index (χ2v) is 5.10. The zero-order chi connectivity index (χ0) is 15.8. The van der Waals surface area contributed by atoms with Gasteiger partial charge in [-0.2, -0.15) is 0 Å². The standard InChI is InChI=1S/C19H22O3/c1-3-19(17-10-6-4-7-11-17,18-12-8-5-9-13-18)22-15-14-21-16(2)20/h4-13H,3,14-15H2,1-2H3. The molecule has 0 aliphatic heterocycles. The average Bonchev–Trinajstić information content (AvgIpc) is 2.57. The molecule has 0 amide bonds. The van der Waals surface area contributed by atoms with E-state index >= 15 is 0 Å². The molecule has 116 valence electrons. The molecule has 0 heterocycles. The molecule has 0 radical (unpaired) electrons. The highest BCUT2D eigenvalue weighted by atomic mass is 16.6. The molecule has 0 fully saturated rings. The average molecular weight is 298 g/mol. The number of hydrogen-bond acceptors (Lipinski definition) is 3. The van der Waals surface area contributed by atoms with Crippen molar-refractivity contribution in [2.24, 2.45) is 0 Å². The van der Waals surface area contributed by atoms with Crippen molar-refractivity contribution in [3.05, 3.63) is 71.8 Å². The Morgan fingerprint density at radius 3 is 1.82 bits per heavy atom. The molecular weight excluding hydrogens is 276 g/mol. The fourth-order valence-corrected chi connectivity index (χ4v) is 2.66. The summed E-state index contributed by atoms with van der Waals surface area (Å²) < 4.78 is 11.2. The molecule has 3 nitrogen and oxygen atoms in total. The van der Waals surface area contributed by atoms with Gasteiger partial charge in [0.2, 0.25) is 0 Å². The van der Waals surface area contributed by atoms with Gasteiger partial charge in [0.05, 0.1) is 6.61 Å². The predicted molar refractivity (Wildman–Crippen MR) is 86.5 cm³/mol. The van der Waals surface area contributed by atoms with Crippen LogP contribution in [0.2, 0.25) is 0 Å². The van der Waals surface area contributed by atoms with Crippen molar-refractivity contribution in [2.45, 2.75) is 25.9 Å². The number of rotatable bonds is 7. The summed E-state index contributed by atoms with van der Waals surface area (Å²) in [5, 5.41) is 0. The second-order valence-electron chi connectivity index (χ2n) is 5.10. The molecule has 22 heavy (non-hydrogen) atoms. The lowest BCUT2D eigenvalue weighted by Crippen LogP contribution is -2.32. The van der Waals surface area contributed by atoms with Crippen LogP contribution in [0, 0.1) is 0 Å². The Morgan fingerprint density at radius 1 is 0.909 bits per heavy atom. The second kappa shape index (κ2) is 7.76. The van der Waals surface area contributed by atoms with Gasteiger partial charge in [-0.15, -0.1) is 0 Å². The van der Waals surface area contributed by atoms with Crippen LogP contribution in [-0.4, -0.2) is 19.2 Å². The van der Waals surface area contributed by atoms with Gasteiger partial charge in [-0.05, 0) is 17.5 Å². The minimum atomic E-state index is -0.525. The Bertz CT molecular complexity index is 539. The molecule has 0 aliphatic carbocycles. The smallest absolute Gasteiger partial charge is 0.302 e. The van der Waals surface area contributed by atoms with Crippen molar-refractivity contribution in [2.75, 3.05) is 13.2 Å². The van der Waals surface area contributed by atoms with Crippen molar-refractivity contribution in [3.63, 3.8) is 0 Å². The maximum atomic E-state index is 10.9. The van der Waals surface area contributed by atoms with Crippen LogP contribution < -0.4 is 0 Å². The highest BCUT2D eigenvalue weighted by Gasteiger charge is 2.33. The lowest BCUT2D eigenvalue weighted by atomic mass is 9.84. The van der Waals surface area contributed by atoms with E-state index in [0.717, 1.165) is 17.5 Å². The van der Waals surface area contributed by atoms with Gasteiger partial charge >= 0.3 is 5.97 Å². The molecule has 0 saturated heterocycles. The molecule has 0 N–H and O–H groups in total. The molecular formula is C19H22O3. The molecule has 3 heteroatoms. The topological polar surface area (TPSA) is 35.5 Å². The summed E-state index contributed by atoms with van der Waals surface area (Å²) in [6.07, 6.45) is 0.793. The lowest BCUT2D eigenvalue weighted by Gasteiger charge is -2.34. The van der Waals surface area contributed by atoms with E-state index in [1.54, 1.807) is 0 Å². The van der Waals surface area contributed by atoms with Gasteiger partial charge in [0.15, 0.2) is 0 Å². The van der Waals surface area contributed by atoms with E-state index in [1.807, 2.05) is 36.4 Å². The van der Waals surface area contributed by atoms with Crippen molar-refractivity contribution < 1.29 is 14.3 Å². The van der Waals surface area contributed by atoms with Crippen LogP contribution in [0.15, 0.2) is 60.7 Å². The maximum absolute atomic E-state index is 10.9. The number of carbonyl (C=O) groups excluding carboxylic acids is 1. The van der Waals surface area contributed by atoms with Gasteiger partial charge in [-0.3, -0.25) is 4.79 Å². The Morgan fingerprint density at radius 2 is 1.41 bits per heavy atom. The Labute approximate surface area is 131 Å². The van der Waals surface area contributed by atoms with Crippen LogP contribution in [0.3, 0.4) is 0 Å². The van der Waals surface area contributed by atoms with Gasteiger partial charge in [-0.1, -0.05) is 67.6 Å². The summed E-state index contributed by atoms with van der Waals surface area (Å²) in [6, 6.07) is 20.3. The van der Waals surface area contributed by atoms with E-state index in [1.165, 1.54) is 6.92 Å². The Kier molecular flexibility index (Phi) is 5.73. The van der Waals surface area contributed by atoms with Gasteiger partial charge in [0.1, 0.15) is 12.2 Å². The molecule has 0 atom stereocenters. The molecule has 0 bridgehead atoms. The third kappa shape index (κ3) is 3.74. The van der Waals surface area contributed by atoms with E-state index in [0.29, 0.717) is 6.61 Å². The van der Waals surface area contributed by atoms with E-state index in [4.69, 9.17) is 9.47 Å². The predicted octanol–water partition coefficient (Wildman–Crippen LogP) is 3.92. The normalized spacial score (nSPS) is 11.2. The first-order valence-corrected chi connectivity index (χ1v) is 7.57. The first kappa shape index (κ1) is 16.2. The Hall–Kier alpha value is -2.13. The lowest BCUT2D eigenvalue weighted by molar-refractivity contribution is -0.144. The van der Waals surface area contributed by atoms with Crippen LogP contribution >= 0.6 is 0 Å². The van der Waals surface area contributed by atoms with Gasteiger partial charge in [-0.25, -0.2) is 0 Å². The van der Waals surface area contributed by atoms with Crippen molar-refractivity contribution in [3.8, 4) is 0 Å². The van der Waals surface area contributed by atoms with E-state index < -0.39 is 5.60 Å². The van der Waals surface area contributed by atoms with E-state index in [-0.39, 0.29) is 12.6 Å². The van der Waals surface area contributed by atoms with Crippen molar-refractivity contribution in [1.82, 2.24) is 0 Å². The summed E-state index contributed by atoms with van der Waals surface area (Å²) in [4.78, 5) is 10.9. The van der Waals surface area contributed by atoms with Gasteiger partial charge < -0.3 is 9.47 Å². The zero-order valence-electron chi connectivity index (χ0n) is 13.1. The minimum absolute atomic E-state index is 0.261. The first-order chi connectivity index (χ1) is 10.7. The minimum Gasteiger partial charge on any atom is -0.463 e. The third-order valence-corrected chi connectivity index (χ3v) is 3.72. The zero-order valence-corrected chi connectivity index (χ0v) is 13.1. The number of benzene rings is 2. The van der Waals surface area contributed by atoms with Crippen molar-refractivity contribution in [1.29, 1.82) is 0 Å². The van der Waals surface area contributed by atoms with Crippen molar-refractivity contribution >= 4 is 5.97 Å². The molecule has 0 spiro atoms. The summed E-state index contributed by atoms with van der Waals surface area (Å²) in [5.41, 5.74) is 1.68. The molecule has 0 aromatic heterocycles. The number of carbonyl (C=O) groups is 1. The van der Waals surface area contributed by atoms with Crippen LogP contribution in [0.25, 0.3) is 0 Å². The third-order valence-electron chi connectivity index (χ3n) is 3.72. The molecule has 2 rings (SSSR count). The van der Waals surface area contributed by atoms with Gasteiger partial charge in [0.25, 0.3) is 0 Å². The molecule has 0 unspecified atom stereocenters. The monoisotopic (exact) mass is 298 g/mol. The SMILES string of the molecule is CCC(OCCOC(C)=O)(c1ccccc1)c1ccccc1. The van der Waals surface area contributed by atoms with Crippen LogP contribution in [0.1, 0.15) is 31.4 Å². The summed E-state index contributed by atoms with van der Waals surface area (Å²) >= 11 is 0. The fourth-order valence-electron chi connectivity index (χ4n) is 2.66. The summed E-state index contributed by atoms with van der Waals surface area (Å²) in [7, 11) is 0. The molecule has 0 aliphatic rings. The maximum Gasteiger partial charge on any atom is 0.302 e. The van der Waals surface area contributed by atoms with Crippen LogP contribution in [0.5, 0.6) is 0 Å². The fraction of sp³-hybridized carbons (Fsp3) is 0.316. The molecule has 0 saturated carbocycles. The quantitative estimate of drug-likeness (QED) is 0.574. The summed E-state index contributed by atoms with van der Waals surface area (Å²) in [6.45, 7) is 4.13. The van der Waals surface area contributed by atoms with Gasteiger partial charge in [0, 0.05) is 6.92 Å². The largest absolute Gasteiger partial charge is 0.463 e. The highest BCUT2D eigenvalue weighted by molar-refractivity contribution is 5.65. The van der Waals surface area contributed by atoms with E-state index in [2.05, 4.69) is 31.2 Å². The number of esters is 1. The molecule has 2 aromatic carbocycles. The highest BCUT2D eigenvalue weighted by Crippen LogP contribution is 2.36. The first-order valence-electron chi connectivity index (χ1n) is 7.57. The van der Waals surface area contributed by atoms with Crippen LogP contribution in [0.4, 0.5) is 0 Å².